The van der Waals surface area contributed by atoms with Crippen LogP contribution in [0, 0.1) is 19.3 Å². The minimum atomic E-state index is -0.491. The van der Waals surface area contributed by atoms with Gasteiger partial charge in [-0.15, -0.1) is 10.9 Å². The van der Waals surface area contributed by atoms with Crippen molar-refractivity contribution in [3.8, 4) is 56.9 Å². The SMILES string of the molecule is [B]C/C([B])=C(/[B])c1c(C#C)c(-c2c([B])c(/C([B])=C(/[B])C([B])=C)c(-c3c([B])c([B])c4c([B])c([B])c([B])c([B])c4c3[B])c(/C([B])=C(/[B])C([B])=[B])c2C)c2c([B])c([B])c([B])c([B])c2c1-c1c([B])c([B])c(-c2c([B])c([B])c3c([B])c([B])c([B])c([B])c3c2[B])c([B])c1[B]. The number of allylic oxidation sites excluding steroid dienone is 4. The van der Waals surface area contributed by atoms with Gasteiger partial charge in [-0.05, 0) is 21.9 Å². The van der Waals surface area contributed by atoms with Gasteiger partial charge in [-0.1, -0.05) is 38.2 Å². The molecule has 0 fully saturated rings. The summed E-state index contributed by atoms with van der Waals surface area (Å²) in [6.45, 7) is 5.33. The van der Waals surface area contributed by atoms with Crippen molar-refractivity contribution in [2.75, 3.05) is 0 Å². The van der Waals surface area contributed by atoms with Gasteiger partial charge in [-0.2, -0.15) is 0 Å². The maximum atomic E-state index is 7.65. The van der Waals surface area contributed by atoms with E-state index in [1.807, 2.05) is 0 Å². The van der Waals surface area contributed by atoms with E-state index in [0.717, 1.165) is 0 Å². The molecule has 0 saturated carbocycles. The average Bonchev–Trinajstić information content (AvgIpc) is 0.723. The second-order valence-corrected chi connectivity index (χ2v) is 20.8. The maximum absolute atomic E-state index is 7.65. The van der Waals surface area contributed by atoms with E-state index < -0.39 is 22.6 Å². The van der Waals surface area contributed by atoms with Crippen molar-refractivity contribution in [2.45, 2.75) is 13.2 Å². The molecule has 8 rings (SSSR count). The van der Waals surface area contributed by atoms with Crippen molar-refractivity contribution in [2.24, 2.45) is 0 Å². The van der Waals surface area contributed by atoms with Crippen molar-refractivity contribution < 1.29 is 0 Å². The zero-order chi connectivity index (χ0) is 66.3. The first-order valence-corrected chi connectivity index (χ1v) is 25.6. The van der Waals surface area contributed by atoms with Crippen molar-refractivity contribution in [1.82, 2.24) is 0 Å². The van der Waals surface area contributed by atoms with Gasteiger partial charge in [0.2, 0.25) is 0 Å². The van der Waals surface area contributed by atoms with E-state index in [-0.39, 0.29) is 258 Å². The van der Waals surface area contributed by atoms with E-state index in [9.17, 15) is 0 Å². The molecule has 0 nitrogen and oxygen atoms in total. The van der Waals surface area contributed by atoms with Crippen LogP contribution in [0.25, 0.3) is 93.2 Å². The molecule has 65 radical (unpaired) electrons. The van der Waals surface area contributed by atoms with Crippen molar-refractivity contribution >= 4 is 438 Å². The van der Waals surface area contributed by atoms with Crippen LogP contribution in [-0.4, -0.2) is 264 Å². The third-order valence-corrected chi connectivity index (χ3v) is 16.2. The Morgan fingerprint density at radius 3 is 0.966 bits per heavy atom. The molecule has 8 aromatic carbocycles. The van der Waals surface area contributed by atoms with Crippen molar-refractivity contribution in [1.29, 1.82) is 0 Å². The van der Waals surface area contributed by atoms with Gasteiger partial charge in [0.25, 0.3) is 0 Å². The molecular formula is C55H8B33. The van der Waals surface area contributed by atoms with E-state index in [1.54, 1.807) is 0 Å². The summed E-state index contributed by atoms with van der Waals surface area (Å²) in [6.07, 6.45) is 6.35. The fraction of sp³-hybridized carbons (Fsp3) is 0.0364. The summed E-state index contributed by atoms with van der Waals surface area (Å²) in [7, 11) is 224. The molecule has 327 valence electrons. The first-order valence-electron chi connectivity index (χ1n) is 25.6. The Labute approximate surface area is 560 Å². The molecule has 0 amide bonds. The van der Waals surface area contributed by atoms with Gasteiger partial charge < -0.3 is 0 Å². The van der Waals surface area contributed by atoms with E-state index in [1.165, 1.54) is 6.92 Å². The molecule has 0 bridgehead atoms. The zero-order valence-corrected chi connectivity index (χ0v) is 47.5. The molecule has 0 N–H and O–H groups in total. The number of fused-ring (bicyclic) bond motifs is 3. The minimum absolute atomic E-state index is 0.0189. The van der Waals surface area contributed by atoms with E-state index in [4.69, 9.17) is 265 Å². The summed E-state index contributed by atoms with van der Waals surface area (Å²) in [5, 5.41) is -0.646. The molecule has 0 atom stereocenters. The van der Waals surface area contributed by atoms with Crippen LogP contribution in [0.2, 0.25) is 6.32 Å². The van der Waals surface area contributed by atoms with Gasteiger partial charge in [-0.3, -0.25) is 0 Å². The smallest absolute Gasteiger partial charge is 0.110 e. The third-order valence-electron chi connectivity index (χ3n) is 16.2. The number of terminal acetylenes is 1. The third kappa shape index (κ3) is 10.1. The van der Waals surface area contributed by atoms with Gasteiger partial charge in [0.05, 0.1) is 7.85 Å². The molecule has 33 heteroatoms. The standard InChI is InChI=1S/C55H8B33/c1-4-8-12(10-6(2)11(32(64)54(86)55(87)88)14(18(29(10)61)35(67)27(59)7(3)57)19-30(62)22-25(42(74)36(19)68)46(78)52(84)50(82)44(22)76)16-17(34(66)49(81)48(80)33(16)65)15(13(8)28(60)9(58)5-56)20-37(69)40(72)24(41(73)38(20)70)21-31(63)23-26(43(75)39(21)71)47(79)53(85)51(83)45(23)77/h1H,3,5H2,2H3/b28-9-,35-27-,54-32-. The molecule has 0 saturated heterocycles. The van der Waals surface area contributed by atoms with Crippen LogP contribution in [0.1, 0.15) is 27.8 Å². The molecule has 0 spiro atoms. The van der Waals surface area contributed by atoms with E-state index in [0.29, 0.717) is 0 Å². The fourth-order valence-electron chi connectivity index (χ4n) is 11.5. The summed E-state index contributed by atoms with van der Waals surface area (Å²) in [5.74, 6) is 2.73. The van der Waals surface area contributed by atoms with Crippen LogP contribution in [-0.2, 0) is 0 Å². The van der Waals surface area contributed by atoms with Crippen molar-refractivity contribution in [3.63, 3.8) is 0 Å². The van der Waals surface area contributed by atoms with Gasteiger partial charge >= 0.3 is 399 Å². The molecule has 8 aromatic rings. The molecule has 88 heavy (non-hydrogen) atoms. The summed E-state index contributed by atoms with van der Waals surface area (Å²) in [4.78, 5) is 0. The predicted molar refractivity (Wildman–Crippen MR) is 415 cm³/mol. The molecule has 0 aliphatic heterocycles. The first kappa shape index (κ1) is 69.0. The van der Waals surface area contributed by atoms with Crippen LogP contribution in [0.4, 0.5) is 0 Å². The zero-order valence-electron chi connectivity index (χ0n) is 47.5. The van der Waals surface area contributed by atoms with E-state index >= 15 is 0 Å². The summed E-state index contributed by atoms with van der Waals surface area (Å²) < 4.78 is 0. The summed E-state index contributed by atoms with van der Waals surface area (Å²) in [5.41, 5.74) is -9.46. The Balaban J connectivity index is 1.74. The molecule has 0 unspecified atom stereocenters. The van der Waals surface area contributed by atoms with Gasteiger partial charge in [0.1, 0.15) is 86.3 Å². The van der Waals surface area contributed by atoms with Gasteiger partial charge in [0, 0.05) is 0 Å². The molecular weight excluding hydrogens is 1020 g/mol. The number of rotatable bonds is 10. The Morgan fingerprint density at radius 2 is 0.614 bits per heavy atom. The van der Waals surface area contributed by atoms with E-state index in [2.05, 4.69) is 12.5 Å². The number of benzene rings is 8. The second-order valence-electron chi connectivity index (χ2n) is 20.8. The van der Waals surface area contributed by atoms with Crippen LogP contribution < -0.4 is 126 Å². The Kier molecular flexibility index (Phi) is 19.5. The van der Waals surface area contributed by atoms with Crippen LogP contribution in [0.3, 0.4) is 0 Å². The number of hydrogen-bond acceptors (Lipinski definition) is 0. The first-order chi connectivity index (χ1) is 40.9. The summed E-state index contributed by atoms with van der Waals surface area (Å²) in [6, 6.07) is 0. The summed E-state index contributed by atoms with van der Waals surface area (Å²) >= 11 is 0. The molecule has 0 aromatic heterocycles. The second kappa shape index (κ2) is 24.9. The topological polar surface area (TPSA) is 0 Å². The van der Waals surface area contributed by atoms with Crippen LogP contribution in [0.15, 0.2) is 28.5 Å². The molecule has 0 heterocycles. The Morgan fingerprint density at radius 1 is 0.318 bits per heavy atom. The fourth-order valence-corrected chi connectivity index (χ4v) is 11.5. The monoisotopic (exact) mass is 1030 g/mol. The molecule has 0 aliphatic rings. The van der Waals surface area contributed by atoms with Crippen molar-refractivity contribution in [3.05, 3.63) is 56.3 Å². The molecule has 0 aliphatic carbocycles. The van der Waals surface area contributed by atoms with Crippen LogP contribution in [0.5, 0.6) is 0 Å². The number of hydrogen-bond donors (Lipinski definition) is 0. The minimum Gasteiger partial charge on any atom is -0.110 e. The normalized spacial score (nSPS) is 12.4. The Bertz CT molecular complexity index is 4670. The quantitative estimate of drug-likeness (QED) is 0.0727. The van der Waals surface area contributed by atoms with Gasteiger partial charge in [0.15, 0.2) is 0 Å². The van der Waals surface area contributed by atoms with Gasteiger partial charge in [-0.25, -0.2) is 0 Å². The predicted octanol–water partition coefficient (Wildman–Crippen LogP) is -17.9. The van der Waals surface area contributed by atoms with Crippen LogP contribution >= 0.6 is 0 Å². The average molecular weight is 1030 g/mol. The Hall–Kier alpha value is -4.93.